The van der Waals surface area contributed by atoms with Crippen molar-refractivity contribution in [1.29, 1.82) is 0 Å². The molecule has 0 unspecified atom stereocenters. The van der Waals surface area contributed by atoms with Gasteiger partial charge in [0.2, 0.25) is 5.95 Å². The number of hydrogen-bond donors (Lipinski definition) is 2. The number of nitrogens with one attached hydrogen (secondary N) is 2. The van der Waals surface area contributed by atoms with Gasteiger partial charge in [0.15, 0.2) is 24.1 Å². The summed E-state index contributed by atoms with van der Waals surface area (Å²) >= 11 is 0. The molecule has 2 aromatic heterocycles. The van der Waals surface area contributed by atoms with Gasteiger partial charge in [-0.3, -0.25) is 4.90 Å². The number of carbonyl (C=O) groups is 1. The van der Waals surface area contributed by atoms with E-state index in [2.05, 4.69) is 49.8 Å². The van der Waals surface area contributed by atoms with Crippen LogP contribution in [-0.4, -0.2) is 77.5 Å². The topological polar surface area (TPSA) is 141 Å². The predicted molar refractivity (Wildman–Crippen MR) is 149 cm³/mol. The summed E-state index contributed by atoms with van der Waals surface area (Å²) in [7, 11) is 1.40. The molecule has 226 valence electrons. The number of halogens is 2. The number of aryl methyl sites for hydroxylation is 1. The van der Waals surface area contributed by atoms with Gasteiger partial charge in [-0.25, -0.2) is 23.4 Å². The molecule has 0 saturated carbocycles. The number of rotatable bonds is 9. The second-order valence-electron chi connectivity index (χ2n) is 11.5. The summed E-state index contributed by atoms with van der Waals surface area (Å²) in [5, 5.41) is 13.5. The van der Waals surface area contributed by atoms with E-state index in [0.717, 1.165) is 53.9 Å². The Kier molecular flexibility index (Phi) is 8.12. The maximum Gasteiger partial charge on any atom is 0.368 e. The van der Waals surface area contributed by atoms with Crippen LogP contribution in [0.2, 0.25) is 0 Å². The summed E-state index contributed by atoms with van der Waals surface area (Å²) in [6.45, 7) is 8.30. The zero-order valence-electron chi connectivity index (χ0n) is 24.2. The lowest BCUT2D eigenvalue weighted by Crippen LogP contribution is -2.55. The Morgan fingerprint density at radius 2 is 2.00 bits per heavy atom. The number of benzene rings is 1. The molecule has 0 radical (unpaired) electrons. The van der Waals surface area contributed by atoms with E-state index in [4.69, 9.17) is 9.47 Å². The van der Waals surface area contributed by atoms with Crippen LogP contribution in [0.5, 0.6) is 5.75 Å². The zero-order chi connectivity index (χ0) is 30.2. The summed E-state index contributed by atoms with van der Waals surface area (Å²) in [4.78, 5) is 35.4. The fourth-order valence-electron chi connectivity index (χ4n) is 5.78. The Morgan fingerprint density at radius 1 is 1.21 bits per heavy atom. The van der Waals surface area contributed by atoms with Crippen LogP contribution in [-0.2, 0) is 16.6 Å². The summed E-state index contributed by atoms with van der Waals surface area (Å²) in [6, 6.07) is 2.66. The summed E-state index contributed by atoms with van der Waals surface area (Å²) in [5.41, 5.74) is -0.810. The van der Waals surface area contributed by atoms with Crippen LogP contribution < -0.4 is 21.1 Å². The summed E-state index contributed by atoms with van der Waals surface area (Å²) in [6.07, 6.45) is 4.58. The number of carbonyl (C=O) groups excluding carboxylic acids is 1. The minimum atomic E-state index is -0.805. The molecule has 3 aromatic rings. The quantitative estimate of drug-likeness (QED) is 0.357. The van der Waals surface area contributed by atoms with E-state index < -0.39 is 29.9 Å². The molecule has 2 fully saturated rings. The van der Waals surface area contributed by atoms with E-state index in [0.29, 0.717) is 6.04 Å². The number of esters is 1. The minimum Gasteiger partial charge on any atom is -0.480 e. The molecule has 15 heteroatoms. The van der Waals surface area contributed by atoms with Gasteiger partial charge < -0.3 is 20.1 Å². The van der Waals surface area contributed by atoms with Gasteiger partial charge in [0.25, 0.3) is 0 Å². The molecule has 2 aliphatic rings. The first-order chi connectivity index (χ1) is 19.9. The standard InChI is InChI=1S/C27H35F2N9O4/c1-15(2)42-23(39)14-41-22-10-18(28)20(11-21(22)38-26(40)36(5)34-35-38)32-25-30-13-19(29)24(33-25)31-16-9-17-7-6-8-37(17)27(3,4)12-16/h10-11,13,15-17H,6-9,12,14H2,1-5H3,(H2,30,31,32,33)/t16-,17+/m1/s1. The van der Waals surface area contributed by atoms with Crippen molar-refractivity contribution >= 4 is 23.4 Å². The molecule has 13 nitrogen and oxygen atoms in total. The van der Waals surface area contributed by atoms with Gasteiger partial charge in [0.1, 0.15) is 11.4 Å². The average molecular weight is 588 g/mol. The van der Waals surface area contributed by atoms with Crippen molar-refractivity contribution in [3.63, 3.8) is 0 Å². The van der Waals surface area contributed by atoms with Gasteiger partial charge in [-0.1, -0.05) is 0 Å². The van der Waals surface area contributed by atoms with Gasteiger partial charge >= 0.3 is 11.7 Å². The third-order valence-electron chi connectivity index (χ3n) is 7.50. The van der Waals surface area contributed by atoms with Crippen LogP contribution in [0.25, 0.3) is 5.69 Å². The van der Waals surface area contributed by atoms with Crippen molar-refractivity contribution < 1.29 is 23.0 Å². The van der Waals surface area contributed by atoms with Crippen molar-refractivity contribution in [1.82, 2.24) is 34.7 Å². The minimum absolute atomic E-state index is 0.000335. The maximum atomic E-state index is 15.3. The van der Waals surface area contributed by atoms with E-state index in [1.807, 2.05) is 0 Å². The first kappa shape index (κ1) is 29.4. The van der Waals surface area contributed by atoms with Crippen molar-refractivity contribution in [2.24, 2.45) is 7.05 Å². The monoisotopic (exact) mass is 587 g/mol. The molecule has 4 heterocycles. The number of tetrazole rings is 1. The second kappa shape index (κ2) is 11.6. The van der Waals surface area contributed by atoms with E-state index in [1.165, 1.54) is 13.1 Å². The SMILES string of the molecule is CC(C)OC(=O)COc1cc(F)c(Nc2ncc(F)c(N[C@@H]3C[C@@H]4CCCN4C(C)(C)C3)n2)cc1-n1nnn(C)c1=O. The molecular weight excluding hydrogens is 552 g/mol. The van der Waals surface area contributed by atoms with Crippen molar-refractivity contribution in [2.45, 2.75) is 77.1 Å². The summed E-state index contributed by atoms with van der Waals surface area (Å²) in [5.74, 6) is -2.32. The highest BCUT2D eigenvalue weighted by Crippen LogP contribution is 2.38. The van der Waals surface area contributed by atoms with Crippen LogP contribution in [0, 0.1) is 11.6 Å². The lowest BCUT2D eigenvalue weighted by atomic mass is 9.84. The highest BCUT2D eigenvalue weighted by molar-refractivity contribution is 5.72. The van der Waals surface area contributed by atoms with Gasteiger partial charge in [-0.2, -0.15) is 14.3 Å². The molecule has 0 amide bonds. The lowest BCUT2D eigenvalue weighted by Gasteiger charge is -2.47. The molecule has 2 atom stereocenters. The molecule has 5 rings (SSSR count). The Morgan fingerprint density at radius 3 is 2.71 bits per heavy atom. The molecule has 0 bridgehead atoms. The lowest BCUT2D eigenvalue weighted by molar-refractivity contribution is -0.149. The van der Waals surface area contributed by atoms with Gasteiger partial charge in [-0.15, -0.1) is 0 Å². The maximum absolute atomic E-state index is 15.3. The van der Waals surface area contributed by atoms with Crippen LogP contribution >= 0.6 is 0 Å². The van der Waals surface area contributed by atoms with E-state index in [-0.39, 0.29) is 46.6 Å². The Labute approximate surface area is 241 Å². The molecule has 2 aliphatic heterocycles. The van der Waals surface area contributed by atoms with E-state index >= 15 is 4.39 Å². The Hall–Kier alpha value is -4.14. The third kappa shape index (κ3) is 6.20. The first-order valence-electron chi connectivity index (χ1n) is 13.9. The number of anilines is 3. The molecule has 1 aromatic carbocycles. The number of nitrogens with zero attached hydrogens (tertiary/aromatic N) is 7. The number of hydrogen-bond acceptors (Lipinski definition) is 11. The largest absolute Gasteiger partial charge is 0.480 e. The highest BCUT2D eigenvalue weighted by atomic mass is 19.1. The molecule has 0 spiro atoms. The van der Waals surface area contributed by atoms with Gasteiger partial charge in [0, 0.05) is 30.7 Å². The fraction of sp³-hybridized carbons (Fsp3) is 0.556. The van der Waals surface area contributed by atoms with Crippen LogP contribution in [0.3, 0.4) is 0 Å². The molecule has 0 aliphatic carbocycles. The molecule has 2 saturated heterocycles. The van der Waals surface area contributed by atoms with Crippen molar-refractivity contribution in [2.75, 3.05) is 23.8 Å². The predicted octanol–water partition coefficient (Wildman–Crippen LogP) is 2.93. The van der Waals surface area contributed by atoms with Gasteiger partial charge in [-0.05, 0) is 76.4 Å². The van der Waals surface area contributed by atoms with E-state index in [9.17, 15) is 14.0 Å². The number of aromatic nitrogens is 6. The van der Waals surface area contributed by atoms with Crippen LogP contribution in [0.1, 0.15) is 53.4 Å². The number of piperidine rings is 1. The van der Waals surface area contributed by atoms with Crippen LogP contribution in [0.4, 0.5) is 26.2 Å². The summed E-state index contributed by atoms with van der Waals surface area (Å²) < 4.78 is 42.5. The number of fused-ring (bicyclic) bond motifs is 1. The van der Waals surface area contributed by atoms with Crippen LogP contribution in [0.15, 0.2) is 23.1 Å². The smallest absolute Gasteiger partial charge is 0.368 e. The zero-order valence-corrected chi connectivity index (χ0v) is 24.2. The Bertz CT molecular complexity index is 1520. The first-order valence-corrected chi connectivity index (χ1v) is 13.9. The average Bonchev–Trinajstić information content (AvgIpc) is 3.52. The molecule has 42 heavy (non-hydrogen) atoms. The molecule has 2 N–H and O–H groups in total. The van der Waals surface area contributed by atoms with Gasteiger partial charge in [0.05, 0.1) is 18.0 Å². The normalized spacial score (nSPS) is 19.9. The van der Waals surface area contributed by atoms with Crippen molar-refractivity contribution in [3.05, 3.63) is 40.4 Å². The number of ether oxygens (including phenoxy) is 2. The molecular formula is C27H35F2N9O4. The third-order valence-corrected chi connectivity index (χ3v) is 7.50. The highest BCUT2D eigenvalue weighted by Gasteiger charge is 2.43. The fourth-order valence-corrected chi connectivity index (χ4v) is 5.78. The van der Waals surface area contributed by atoms with E-state index in [1.54, 1.807) is 13.8 Å². The second-order valence-corrected chi connectivity index (χ2v) is 11.5. The van der Waals surface area contributed by atoms with Crippen molar-refractivity contribution in [3.8, 4) is 11.4 Å². The Balaban J connectivity index is 1.40.